The van der Waals surface area contributed by atoms with E-state index in [-0.39, 0.29) is 18.4 Å². The van der Waals surface area contributed by atoms with Gasteiger partial charge in [0.25, 0.3) is 11.8 Å². The molecule has 150 valence electrons. The number of hydrogen-bond donors (Lipinski definition) is 2. The maximum Gasteiger partial charge on any atom is 0.261 e. The van der Waals surface area contributed by atoms with Crippen LogP contribution < -0.4 is 15.4 Å². The first kappa shape index (κ1) is 19.0. The molecule has 0 aliphatic carbocycles. The minimum absolute atomic E-state index is 0.240. The van der Waals surface area contributed by atoms with Gasteiger partial charge in [-0.25, -0.2) is 0 Å². The number of carbonyl (C=O) groups is 2. The van der Waals surface area contributed by atoms with E-state index in [9.17, 15) is 9.59 Å². The van der Waals surface area contributed by atoms with Gasteiger partial charge in [0.1, 0.15) is 5.75 Å². The van der Waals surface area contributed by atoms with Crippen LogP contribution in [0.1, 0.15) is 31.8 Å². The van der Waals surface area contributed by atoms with Crippen molar-refractivity contribution in [3.8, 4) is 5.75 Å². The number of nitrogens with one attached hydrogen (secondary N) is 2. The zero-order valence-corrected chi connectivity index (χ0v) is 16.4. The monoisotopic (exact) mass is 392 g/mol. The van der Waals surface area contributed by atoms with Crippen molar-refractivity contribution >= 4 is 17.8 Å². The summed E-state index contributed by atoms with van der Waals surface area (Å²) < 4.78 is 5.54. The van der Waals surface area contributed by atoms with Crippen molar-refractivity contribution in [2.24, 2.45) is 4.99 Å². The number of guanidine groups is 1. The summed E-state index contributed by atoms with van der Waals surface area (Å²) in [5.41, 5.74) is 3.47. The van der Waals surface area contributed by atoms with Gasteiger partial charge in [-0.3, -0.25) is 19.5 Å². The van der Waals surface area contributed by atoms with Crippen molar-refractivity contribution in [3.63, 3.8) is 0 Å². The molecule has 0 unspecified atom stereocenters. The molecule has 0 saturated heterocycles. The van der Waals surface area contributed by atoms with Gasteiger partial charge in [0, 0.05) is 33.1 Å². The summed E-state index contributed by atoms with van der Waals surface area (Å²) in [4.78, 5) is 30.2. The van der Waals surface area contributed by atoms with Crippen molar-refractivity contribution in [2.45, 2.75) is 12.8 Å². The molecule has 2 aliphatic heterocycles. The van der Waals surface area contributed by atoms with E-state index in [2.05, 4.69) is 27.8 Å². The molecule has 2 aromatic rings. The van der Waals surface area contributed by atoms with Crippen LogP contribution in [0.2, 0.25) is 0 Å². The van der Waals surface area contributed by atoms with Crippen molar-refractivity contribution in [2.75, 3.05) is 33.3 Å². The molecule has 2 aliphatic rings. The molecule has 2 heterocycles. The van der Waals surface area contributed by atoms with Gasteiger partial charge in [-0.15, -0.1) is 0 Å². The topological polar surface area (TPSA) is 83.0 Å². The van der Waals surface area contributed by atoms with Crippen molar-refractivity contribution in [1.82, 2.24) is 15.5 Å². The molecule has 29 heavy (non-hydrogen) atoms. The van der Waals surface area contributed by atoms with Crippen molar-refractivity contribution < 1.29 is 14.3 Å². The largest absolute Gasteiger partial charge is 0.493 e. The average Bonchev–Trinajstić information content (AvgIpc) is 3.31. The summed E-state index contributed by atoms with van der Waals surface area (Å²) in [5.74, 6) is 1.16. The molecular weight excluding hydrogens is 368 g/mol. The summed E-state index contributed by atoms with van der Waals surface area (Å²) in [6.45, 7) is 2.21. The second-order valence-electron chi connectivity index (χ2n) is 7.02. The Kier molecular flexibility index (Phi) is 5.46. The second kappa shape index (κ2) is 8.34. The Morgan fingerprint density at radius 2 is 1.79 bits per heavy atom. The van der Waals surface area contributed by atoms with E-state index in [0.29, 0.717) is 23.6 Å². The lowest BCUT2D eigenvalue weighted by Gasteiger charge is -2.16. The van der Waals surface area contributed by atoms with Crippen LogP contribution in [-0.2, 0) is 12.8 Å². The Morgan fingerprint density at radius 1 is 1.07 bits per heavy atom. The zero-order valence-electron chi connectivity index (χ0n) is 16.4. The maximum absolute atomic E-state index is 12.4. The lowest BCUT2D eigenvalue weighted by Crippen LogP contribution is -2.43. The van der Waals surface area contributed by atoms with Gasteiger partial charge in [0.15, 0.2) is 5.96 Å². The van der Waals surface area contributed by atoms with Crippen LogP contribution >= 0.6 is 0 Å². The molecule has 0 fully saturated rings. The fourth-order valence-electron chi connectivity index (χ4n) is 3.67. The Morgan fingerprint density at radius 3 is 2.52 bits per heavy atom. The molecule has 0 saturated carbocycles. The molecular formula is C22H24N4O3. The SMILES string of the molecule is CN=C(NCCc1ccc2c(c1)CCO2)NCCN1C(=O)c2ccccc2C1=O. The highest BCUT2D eigenvalue weighted by atomic mass is 16.5. The van der Waals surface area contributed by atoms with Crippen LogP contribution in [0, 0.1) is 0 Å². The Labute approximate surface area is 169 Å². The highest BCUT2D eigenvalue weighted by Gasteiger charge is 2.34. The lowest BCUT2D eigenvalue weighted by molar-refractivity contribution is 0.0657. The van der Waals surface area contributed by atoms with Crippen molar-refractivity contribution in [1.29, 1.82) is 0 Å². The highest BCUT2D eigenvalue weighted by Crippen LogP contribution is 2.26. The number of fused-ring (bicyclic) bond motifs is 2. The predicted octanol–water partition coefficient (Wildman–Crippen LogP) is 1.63. The van der Waals surface area contributed by atoms with Gasteiger partial charge < -0.3 is 15.4 Å². The third kappa shape index (κ3) is 3.94. The van der Waals surface area contributed by atoms with Gasteiger partial charge in [-0.05, 0) is 35.7 Å². The number of ether oxygens (including phenoxy) is 1. The van der Waals surface area contributed by atoms with Gasteiger partial charge in [-0.2, -0.15) is 0 Å². The van der Waals surface area contributed by atoms with Crippen LogP contribution in [0.25, 0.3) is 0 Å². The Balaban J connectivity index is 1.23. The van der Waals surface area contributed by atoms with E-state index in [1.54, 1.807) is 31.3 Å². The normalized spacial score (nSPS) is 15.2. The number of aliphatic imine (C=N–C) groups is 1. The Bertz CT molecular complexity index is 935. The third-order valence-electron chi connectivity index (χ3n) is 5.19. The maximum atomic E-state index is 12.4. The summed E-state index contributed by atoms with van der Waals surface area (Å²) in [6.07, 6.45) is 1.84. The van der Waals surface area contributed by atoms with Gasteiger partial charge in [-0.1, -0.05) is 24.3 Å². The number of hydrogen-bond acceptors (Lipinski definition) is 4. The van der Waals surface area contributed by atoms with Crippen molar-refractivity contribution in [3.05, 3.63) is 64.7 Å². The number of imide groups is 1. The van der Waals surface area contributed by atoms with Crippen LogP contribution in [0.5, 0.6) is 5.75 Å². The minimum Gasteiger partial charge on any atom is -0.493 e. The predicted molar refractivity (Wildman–Crippen MR) is 111 cm³/mol. The fraction of sp³-hybridized carbons (Fsp3) is 0.318. The summed E-state index contributed by atoms with van der Waals surface area (Å²) in [6, 6.07) is 13.2. The molecule has 0 radical (unpaired) electrons. The van der Waals surface area contributed by atoms with Gasteiger partial charge in [0.05, 0.1) is 17.7 Å². The lowest BCUT2D eigenvalue weighted by atomic mass is 10.1. The van der Waals surface area contributed by atoms with E-state index in [1.165, 1.54) is 16.0 Å². The van der Waals surface area contributed by atoms with E-state index in [0.717, 1.165) is 31.7 Å². The molecule has 2 aromatic carbocycles. The highest BCUT2D eigenvalue weighted by molar-refractivity contribution is 6.21. The van der Waals surface area contributed by atoms with Crippen LogP contribution in [0.3, 0.4) is 0 Å². The molecule has 2 amide bonds. The molecule has 2 N–H and O–H groups in total. The molecule has 7 nitrogen and oxygen atoms in total. The fourth-order valence-corrected chi connectivity index (χ4v) is 3.67. The Hall–Kier alpha value is -3.35. The summed E-state index contributed by atoms with van der Waals surface area (Å²) in [5, 5.41) is 6.43. The quantitative estimate of drug-likeness (QED) is 0.444. The zero-order chi connectivity index (χ0) is 20.2. The van der Waals surface area contributed by atoms with E-state index >= 15 is 0 Å². The average molecular weight is 392 g/mol. The van der Waals surface area contributed by atoms with E-state index in [1.807, 2.05) is 6.07 Å². The molecule has 0 spiro atoms. The molecule has 0 atom stereocenters. The number of benzene rings is 2. The number of rotatable bonds is 6. The standard InChI is InChI=1S/C22H24N4O3/c1-23-22(24-10-8-15-6-7-19-16(14-15)9-13-29-19)25-11-12-26-20(27)17-4-2-3-5-18(17)21(26)28/h2-7,14H,8-13H2,1H3,(H2,23,24,25). The minimum atomic E-state index is -0.240. The van der Waals surface area contributed by atoms with Crippen LogP contribution in [-0.4, -0.2) is 56.0 Å². The number of amides is 2. The van der Waals surface area contributed by atoms with E-state index in [4.69, 9.17) is 4.74 Å². The smallest absolute Gasteiger partial charge is 0.261 e. The van der Waals surface area contributed by atoms with E-state index < -0.39 is 0 Å². The van der Waals surface area contributed by atoms with Crippen LogP contribution in [0.4, 0.5) is 0 Å². The molecule has 4 rings (SSSR count). The first-order valence-electron chi connectivity index (χ1n) is 9.81. The van der Waals surface area contributed by atoms with Gasteiger partial charge in [0.2, 0.25) is 0 Å². The number of nitrogens with zero attached hydrogens (tertiary/aromatic N) is 2. The van der Waals surface area contributed by atoms with Gasteiger partial charge >= 0.3 is 0 Å². The first-order chi connectivity index (χ1) is 14.2. The second-order valence-corrected chi connectivity index (χ2v) is 7.02. The summed E-state index contributed by atoms with van der Waals surface area (Å²) in [7, 11) is 1.70. The first-order valence-corrected chi connectivity index (χ1v) is 9.81. The number of carbonyl (C=O) groups excluding carboxylic acids is 2. The molecule has 0 aromatic heterocycles. The summed E-state index contributed by atoms with van der Waals surface area (Å²) >= 11 is 0. The third-order valence-corrected chi connectivity index (χ3v) is 5.19. The molecule has 0 bridgehead atoms. The van der Waals surface area contributed by atoms with Crippen LogP contribution in [0.15, 0.2) is 47.5 Å². The molecule has 7 heteroatoms.